The van der Waals surface area contributed by atoms with E-state index in [9.17, 15) is 14.9 Å². The van der Waals surface area contributed by atoms with Crippen LogP contribution in [-0.2, 0) is 6.54 Å². The van der Waals surface area contributed by atoms with Gasteiger partial charge in [0, 0.05) is 12.6 Å². The van der Waals surface area contributed by atoms with Crippen LogP contribution < -0.4 is 10.1 Å². The number of ether oxygens (including phenoxy) is 1. The molecule has 1 amide bonds. The molecule has 1 aromatic heterocycles. The van der Waals surface area contributed by atoms with Gasteiger partial charge in [-0.1, -0.05) is 12.1 Å². The molecule has 0 aliphatic heterocycles. The van der Waals surface area contributed by atoms with Crippen LogP contribution >= 0.6 is 0 Å². The predicted octanol–water partition coefficient (Wildman–Crippen LogP) is 2.24. The van der Waals surface area contributed by atoms with E-state index >= 15 is 0 Å². The lowest BCUT2D eigenvalue weighted by Crippen LogP contribution is -2.24. The first-order chi connectivity index (χ1) is 10.5. The second kappa shape index (κ2) is 6.66. The minimum atomic E-state index is -0.577. The second-order valence-corrected chi connectivity index (χ2v) is 4.61. The summed E-state index contributed by atoms with van der Waals surface area (Å²) in [5.41, 5.74) is 1.32. The zero-order valence-electron chi connectivity index (χ0n) is 12.2. The number of hydrogen-bond donors (Lipinski definition) is 1. The molecule has 0 radical (unpaired) electrons. The van der Waals surface area contributed by atoms with Gasteiger partial charge >= 0.3 is 0 Å². The highest BCUT2D eigenvalue weighted by molar-refractivity contribution is 5.95. The Morgan fingerprint density at radius 2 is 2.05 bits per heavy atom. The van der Waals surface area contributed by atoms with Crippen LogP contribution in [0.5, 0.6) is 5.75 Å². The molecule has 0 unspecified atom stereocenters. The summed E-state index contributed by atoms with van der Waals surface area (Å²) in [5.74, 6) is 0.332. The third-order valence-electron chi connectivity index (χ3n) is 3.14. The van der Waals surface area contributed by atoms with Gasteiger partial charge in [0.25, 0.3) is 11.6 Å². The first kappa shape index (κ1) is 15.4. The Bertz CT molecular complexity index is 698. The minimum absolute atomic E-state index is 0.197. The second-order valence-electron chi connectivity index (χ2n) is 4.61. The average molecular weight is 301 g/mol. The van der Waals surface area contributed by atoms with Crippen LogP contribution in [-0.4, -0.2) is 22.9 Å². The van der Waals surface area contributed by atoms with Crippen molar-refractivity contribution in [3.8, 4) is 5.75 Å². The molecule has 0 bridgehead atoms. The van der Waals surface area contributed by atoms with Crippen molar-refractivity contribution in [2.75, 3.05) is 7.11 Å². The predicted molar refractivity (Wildman–Crippen MR) is 79.8 cm³/mol. The monoisotopic (exact) mass is 301 g/mol. The number of aryl methyl sites for hydroxylation is 1. The van der Waals surface area contributed by atoms with Crippen molar-refractivity contribution in [3.63, 3.8) is 0 Å². The standard InChI is InChI=1S/C15H15N3O4/c1-10-14(7-12(9-16-10)18(20)21)15(19)17-8-11-3-5-13(22-2)6-4-11/h3-7,9H,8H2,1-2H3,(H,17,19). The van der Waals surface area contributed by atoms with E-state index in [1.165, 1.54) is 6.07 Å². The van der Waals surface area contributed by atoms with Gasteiger partial charge in [-0.05, 0) is 24.6 Å². The Morgan fingerprint density at radius 1 is 1.36 bits per heavy atom. The highest BCUT2D eigenvalue weighted by Crippen LogP contribution is 2.15. The number of nitrogens with one attached hydrogen (secondary N) is 1. The summed E-state index contributed by atoms with van der Waals surface area (Å²) in [6.45, 7) is 1.94. The molecular formula is C15H15N3O4. The normalized spacial score (nSPS) is 10.1. The molecule has 2 rings (SSSR count). The number of pyridine rings is 1. The highest BCUT2D eigenvalue weighted by atomic mass is 16.6. The van der Waals surface area contributed by atoms with Crippen LogP contribution in [0.4, 0.5) is 5.69 Å². The molecule has 0 atom stereocenters. The van der Waals surface area contributed by atoms with Crippen LogP contribution in [0.25, 0.3) is 0 Å². The third-order valence-corrected chi connectivity index (χ3v) is 3.14. The van der Waals surface area contributed by atoms with Crippen molar-refractivity contribution >= 4 is 11.6 Å². The molecule has 7 heteroatoms. The Labute approximate surface area is 127 Å². The molecule has 0 aliphatic rings. The number of aromatic nitrogens is 1. The summed E-state index contributed by atoms with van der Waals surface area (Å²) in [6.07, 6.45) is 1.13. The summed E-state index contributed by atoms with van der Waals surface area (Å²) in [6, 6.07) is 8.48. The number of amides is 1. The smallest absolute Gasteiger partial charge is 0.288 e. The fourth-order valence-corrected chi connectivity index (χ4v) is 1.87. The molecule has 114 valence electrons. The Hall–Kier alpha value is -2.96. The van der Waals surface area contributed by atoms with Crippen molar-refractivity contribution in [1.82, 2.24) is 10.3 Å². The van der Waals surface area contributed by atoms with Gasteiger partial charge in [0.05, 0.1) is 23.3 Å². The van der Waals surface area contributed by atoms with Crippen LogP contribution in [0.2, 0.25) is 0 Å². The van der Waals surface area contributed by atoms with E-state index in [2.05, 4.69) is 10.3 Å². The van der Waals surface area contributed by atoms with E-state index in [4.69, 9.17) is 4.74 Å². The van der Waals surface area contributed by atoms with Crippen molar-refractivity contribution in [2.45, 2.75) is 13.5 Å². The van der Waals surface area contributed by atoms with Gasteiger partial charge in [0.15, 0.2) is 0 Å². The summed E-state index contributed by atoms with van der Waals surface area (Å²) in [5, 5.41) is 13.5. The van der Waals surface area contributed by atoms with Gasteiger partial charge in [-0.25, -0.2) is 0 Å². The minimum Gasteiger partial charge on any atom is -0.497 e. The van der Waals surface area contributed by atoms with Crippen LogP contribution in [0.15, 0.2) is 36.5 Å². The van der Waals surface area contributed by atoms with Gasteiger partial charge in [0.1, 0.15) is 11.9 Å². The highest BCUT2D eigenvalue weighted by Gasteiger charge is 2.15. The lowest BCUT2D eigenvalue weighted by Gasteiger charge is -2.08. The molecule has 0 saturated heterocycles. The van der Waals surface area contributed by atoms with Crippen molar-refractivity contribution in [2.24, 2.45) is 0 Å². The maximum Gasteiger partial charge on any atom is 0.288 e. The molecular weight excluding hydrogens is 286 g/mol. The molecule has 2 aromatic rings. The number of carbonyl (C=O) groups excluding carboxylic acids is 1. The van der Waals surface area contributed by atoms with E-state index in [0.717, 1.165) is 17.5 Å². The number of benzene rings is 1. The molecule has 0 spiro atoms. The number of nitrogens with zero attached hydrogens (tertiary/aromatic N) is 2. The fraction of sp³-hybridized carbons (Fsp3) is 0.200. The average Bonchev–Trinajstić information content (AvgIpc) is 2.53. The topological polar surface area (TPSA) is 94.4 Å². The molecule has 1 aromatic carbocycles. The molecule has 22 heavy (non-hydrogen) atoms. The summed E-state index contributed by atoms with van der Waals surface area (Å²) in [4.78, 5) is 26.2. The number of carbonyl (C=O) groups is 1. The van der Waals surface area contributed by atoms with E-state index in [0.29, 0.717) is 12.2 Å². The zero-order chi connectivity index (χ0) is 16.1. The summed E-state index contributed by atoms with van der Waals surface area (Å²) in [7, 11) is 1.58. The third kappa shape index (κ3) is 3.57. The van der Waals surface area contributed by atoms with Crippen molar-refractivity contribution < 1.29 is 14.5 Å². The van der Waals surface area contributed by atoms with E-state index < -0.39 is 10.8 Å². The van der Waals surface area contributed by atoms with Crippen molar-refractivity contribution in [1.29, 1.82) is 0 Å². The Balaban J connectivity index is 2.08. The maximum atomic E-state index is 12.1. The van der Waals surface area contributed by atoms with Gasteiger partial charge in [-0.15, -0.1) is 0 Å². The van der Waals surface area contributed by atoms with Gasteiger partial charge in [0.2, 0.25) is 0 Å². The summed E-state index contributed by atoms with van der Waals surface area (Å²) >= 11 is 0. The number of rotatable bonds is 5. The Kier molecular flexibility index (Phi) is 4.67. The van der Waals surface area contributed by atoms with Crippen LogP contribution in [0.3, 0.4) is 0 Å². The molecule has 0 fully saturated rings. The van der Waals surface area contributed by atoms with Gasteiger partial charge < -0.3 is 10.1 Å². The first-order valence-electron chi connectivity index (χ1n) is 6.53. The van der Waals surface area contributed by atoms with Crippen molar-refractivity contribution in [3.05, 3.63) is 63.5 Å². The quantitative estimate of drug-likeness (QED) is 0.675. The van der Waals surface area contributed by atoms with Gasteiger partial charge in [-0.2, -0.15) is 0 Å². The molecule has 0 saturated carbocycles. The van der Waals surface area contributed by atoms with E-state index in [-0.39, 0.29) is 11.3 Å². The van der Waals surface area contributed by atoms with E-state index in [1.807, 2.05) is 12.1 Å². The molecule has 0 aliphatic carbocycles. The Morgan fingerprint density at radius 3 is 2.64 bits per heavy atom. The molecule has 1 heterocycles. The first-order valence-corrected chi connectivity index (χ1v) is 6.53. The molecule has 1 N–H and O–H groups in total. The lowest BCUT2D eigenvalue weighted by atomic mass is 10.1. The largest absolute Gasteiger partial charge is 0.497 e. The zero-order valence-corrected chi connectivity index (χ0v) is 12.2. The molecule has 7 nitrogen and oxygen atoms in total. The van der Waals surface area contributed by atoms with Crippen LogP contribution in [0.1, 0.15) is 21.6 Å². The SMILES string of the molecule is COc1ccc(CNC(=O)c2cc([N+](=O)[O-])cnc2C)cc1. The summed E-state index contributed by atoms with van der Waals surface area (Å²) < 4.78 is 5.06. The lowest BCUT2D eigenvalue weighted by molar-refractivity contribution is -0.385. The fourth-order valence-electron chi connectivity index (χ4n) is 1.87. The number of methoxy groups -OCH3 is 1. The number of nitro groups is 1. The maximum absolute atomic E-state index is 12.1. The van der Waals surface area contributed by atoms with E-state index in [1.54, 1.807) is 26.2 Å². The number of hydrogen-bond acceptors (Lipinski definition) is 5. The van der Waals surface area contributed by atoms with Gasteiger partial charge in [-0.3, -0.25) is 19.9 Å². The van der Waals surface area contributed by atoms with Crippen LogP contribution in [0, 0.1) is 17.0 Å².